The molecule has 96 valence electrons. The number of benzene rings is 1. The van der Waals surface area contributed by atoms with E-state index in [0.29, 0.717) is 22.3 Å². The van der Waals surface area contributed by atoms with Crippen LogP contribution in [0.15, 0.2) is 30.3 Å². The zero-order valence-electron chi connectivity index (χ0n) is 9.69. The molecule has 0 radical (unpaired) electrons. The Bertz CT molecular complexity index is 540. The Balaban J connectivity index is 2.13. The van der Waals surface area contributed by atoms with Gasteiger partial charge in [0.05, 0.1) is 10.4 Å². The summed E-state index contributed by atoms with van der Waals surface area (Å²) >= 11 is 7.25. The van der Waals surface area contributed by atoms with Crippen molar-refractivity contribution in [1.29, 1.82) is 0 Å². The molecule has 2 aromatic rings. The Morgan fingerprint density at radius 1 is 1.39 bits per heavy atom. The first-order valence-corrected chi connectivity index (χ1v) is 6.60. The van der Waals surface area contributed by atoms with Crippen molar-refractivity contribution >= 4 is 22.9 Å². The summed E-state index contributed by atoms with van der Waals surface area (Å²) in [5.74, 6) is 0.0911. The van der Waals surface area contributed by atoms with Gasteiger partial charge >= 0.3 is 0 Å². The summed E-state index contributed by atoms with van der Waals surface area (Å²) in [5.41, 5.74) is 0.442. The zero-order chi connectivity index (χ0) is 13.1. The van der Waals surface area contributed by atoms with E-state index in [4.69, 9.17) is 16.3 Å². The lowest BCUT2D eigenvalue weighted by molar-refractivity contribution is 0.189. The lowest BCUT2D eigenvalue weighted by atomic mass is 10.1. The number of thiophene rings is 1. The highest BCUT2D eigenvalue weighted by Gasteiger charge is 2.11. The van der Waals surface area contributed by atoms with Crippen molar-refractivity contribution in [3.8, 4) is 5.75 Å². The number of aliphatic hydroxyl groups excluding tert-OH is 1. The smallest absolute Gasteiger partial charge is 0.125 e. The number of rotatable bonds is 4. The van der Waals surface area contributed by atoms with Gasteiger partial charge in [0.2, 0.25) is 0 Å². The second kappa shape index (κ2) is 5.69. The minimum absolute atomic E-state index is 0.350. The third kappa shape index (κ3) is 3.22. The van der Waals surface area contributed by atoms with Crippen molar-refractivity contribution in [2.45, 2.75) is 19.6 Å². The normalized spacial score (nSPS) is 12.4. The van der Waals surface area contributed by atoms with E-state index in [-0.39, 0.29) is 0 Å². The highest BCUT2D eigenvalue weighted by atomic mass is 35.5. The molecule has 0 amide bonds. The van der Waals surface area contributed by atoms with Gasteiger partial charge in [0.1, 0.15) is 18.2 Å². The van der Waals surface area contributed by atoms with E-state index < -0.39 is 11.9 Å². The average molecular weight is 287 g/mol. The van der Waals surface area contributed by atoms with E-state index >= 15 is 0 Å². The van der Waals surface area contributed by atoms with Crippen molar-refractivity contribution < 1.29 is 14.2 Å². The summed E-state index contributed by atoms with van der Waals surface area (Å²) < 4.78 is 19.4. The minimum atomic E-state index is -0.775. The Morgan fingerprint density at radius 3 is 2.78 bits per heavy atom. The average Bonchev–Trinajstić information content (AvgIpc) is 2.73. The van der Waals surface area contributed by atoms with Gasteiger partial charge in [0, 0.05) is 10.4 Å². The number of ether oxygens (including phenoxy) is 1. The van der Waals surface area contributed by atoms with Crippen molar-refractivity contribution in [2.24, 2.45) is 0 Å². The molecule has 0 bridgehead atoms. The molecule has 1 heterocycles. The van der Waals surface area contributed by atoms with Crippen LogP contribution in [-0.4, -0.2) is 5.11 Å². The highest BCUT2D eigenvalue weighted by molar-refractivity contribution is 7.16. The maximum atomic E-state index is 13.1. The maximum Gasteiger partial charge on any atom is 0.125 e. The predicted octanol–water partition coefficient (Wildman–Crippen LogP) is 4.17. The largest absolute Gasteiger partial charge is 0.488 e. The van der Waals surface area contributed by atoms with Crippen LogP contribution in [0.3, 0.4) is 0 Å². The molecule has 2 nitrogen and oxygen atoms in total. The molecule has 1 atom stereocenters. The van der Waals surface area contributed by atoms with Crippen LogP contribution in [0.25, 0.3) is 0 Å². The Kier molecular flexibility index (Phi) is 4.22. The quantitative estimate of drug-likeness (QED) is 0.914. The Labute approximate surface area is 114 Å². The van der Waals surface area contributed by atoms with Crippen LogP contribution in [-0.2, 0) is 6.61 Å². The maximum absolute atomic E-state index is 13.1. The van der Waals surface area contributed by atoms with Crippen LogP contribution >= 0.6 is 22.9 Å². The molecule has 1 aromatic carbocycles. The molecule has 18 heavy (non-hydrogen) atoms. The van der Waals surface area contributed by atoms with Crippen molar-refractivity contribution in [1.82, 2.24) is 0 Å². The summed E-state index contributed by atoms with van der Waals surface area (Å²) in [4.78, 5) is 0.973. The molecule has 2 rings (SSSR count). The monoisotopic (exact) mass is 286 g/mol. The molecule has 0 saturated carbocycles. The van der Waals surface area contributed by atoms with Gasteiger partial charge in [0.25, 0.3) is 0 Å². The van der Waals surface area contributed by atoms with Gasteiger partial charge in [0.15, 0.2) is 0 Å². The fraction of sp³-hybridized carbons (Fsp3) is 0.231. The molecule has 1 aromatic heterocycles. The fourth-order valence-corrected chi connectivity index (χ4v) is 2.56. The van der Waals surface area contributed by atoms with Crippen molar-refractivity contribution in [2.75, 3.05) is 0 Å². The lowest BCUT2D eigenvalue weighted by Crippen LogP contribution is -2.00. The molecule has 0 aliphatic rings. The number of hydrogen-bond donors (Lipinski definition) is 1. The van der Waals surface area contributed by atoms with E-state index in [1.807, 2.05) is 6.07 Å². The summed E-state index contributed by atoms with van der Waals surface area (Å²) in [6.45, 7) is 1.92. The number of hydrogen-bond acceptors (Lipinski definition) is 3. The molecule has 0 saturated heterocycles. The van der Waals surface area contributed by atoms with Crippen molar-refractivity contribution in [3.05, 3.63) is 50.9 Å². The Morgan fingerprint density at radius 2 is 2.17 bits per heavy atom. The van der Waals surface area contributed by atoms with Crippen LogP contribution in [0.1, 0.15) is 23.5 Å². The SMILES string of the molecule is CC(O)c1cc(F)ccc1OCc1ccc(Cl)s1. The van der Waals surface area contributed by atoms with Crippen LogP contribution in [0, 0.1) is 5.82 Å². The van der Waals surface area contributed by atoms with E-state index in [0.717, 1.165) is 4.88 Å². The van der Waals surface area contributed by atoms with E-state index in [9.17, 15) is 9.50 Å². The lowest BCUT2D eigenvalue weighted by Gasteiger charge is -2.12. The van der Waals surface area contributed by atoms with E-state index in [1.54, 1.807) is 13.0 Å². The van der Waals surface area contributed by atoms with Gasteiger partial charge in [-0.1, -0.05) is 11.6 Å². The van der Waals surface area contributed by atoms with Crippen LogP contribution < -0.4 is 4.74 Å². The predicted molar refractivity (Wildman–Crippen MR) is 70.7 cm³/mol. The number of aliphatic hydroxyl groups is 1. The summed E-state index contributed by atoms with van der Waals surface area (Å²) in [7, 11) is 0. The standard InChI is InChI=1S/C13H12ClFO2S/c1-8(16)11-6-9(15)2-4-12(11)17-7-10-3-5-13(14)18-10/h2-6,8,16H,7H2,1H3. The third-order valence-corrected chi connectivity index (χ3v) is 3.63. The molecule has 1 unspecified atom stereocenters. The molecule has 0 fully saturated rings. The second-order valence-corrected chi connectivity index (χ2v) is 5.65. The van der Waals surface area contributed by atoms with Crippen LogP contribution in [0.5, 0.6) is 5.75 Å². The topological polar surface area (TPSA) is 29.5 Å². The molecular weight excluding hydrogens is 275 g/mol. The Hall–Kier alpha value is -1.10. The van der Waals surface area contributed by atoms with Gasteiger partial charge in [-0.2, -0.15) is 0 Å². The van der Waals surface area contributed by atoms with Crippen LogP contribution in [0.2, 0.25) is 4.34 Å². The summed E-state index contributed by atoms with van der Waals surface area (Å²) in [5, 5.41) is 9.57. The van der Waals surface area contributed by atoms with Gasteiger partial charge in [-0.05, 0) is 37.3 Å². The van der Waals surface area contributed by atoms with Gasteiger partial charge < -0.3 is 9.84 Å². The molecule has 0 aliphatic heterocycles. The first-order valence-electron chi connectivity index (χ1n) is 5.41. The summed E-state index contributed by atoms with van der Waals surface area (Å²) in [6.07, 6.45) is -0.775. The summed E-state index contributed by atoms with van der Waals surface area (Å²) in [6, 6.07) is 7.78. The number of halogens is 2. The second-order valence-electron chi connectivity index (χ2n) is 3.85. The first-order chi connectivity index (χ1) is 8.56. The minimum Gasteiger partial charge on any atom is -0.488 e. The van der Waals surface area contributed by atoms with Gasteiger partial charge in [-0.25, -0.2) is 4.39 Å². The molecule has 0 aliphatic carbocycles. The first kappa shape index (κ1) is 13.3. The molecular formula is C13H12ClFO2S. The van der Waals surface area contributed by atoms with E-state index in [2.05, 4.69) is 0 Å². The van der Waals surface area contributed by atoms with Gasteiger partial charge in [-0.15, -0.1) is 11.3 Å². The molecule has 0 spiro atoms. The van der Waals surface area contributed by atoms with Gasteiger partial charge in [-0.3, -0.25) is 0 Å². The third-order valence-electron chi connectivity index (χ3n) is 2.42. The van der Waals surface area contributed by atoms with E-state index in [1.165, 1.54) is 29.5 Å². The zero-order valence-corrected chi connectivity index (χ0v) is 11.3. The molecule has 1 N–H and O–H groups in total. The van der Waals surface area contributed by atoms with Crippen LogP contribution in [0.4, 0.5) is 4.39 Å². The van der Waals surface area contributed by atoms with Crippen molar-refractivity contribution in [3.63, 3.8) is 0 Å². The molecule has 5 heteroatoms. The highest BCUT2D eigenvalue weighted by Crippen LogP contribution is 2.28. The fourth-order valence-electron chi connectivity index (χ4n) is 1.56.